The maximum absolute atomic E-state index is 11.2. The van der Waals surface area contributed by atoms with Gasteiger partial charge in [0.05, 0.1) is 5.41 Å². The third-order valence-electron chi connectivity index (χ3n) is 4.06. The van der Waals surface area contributed by atoms with Crippen molar-refractivity contribution in [3.8, 4) is 0 Å². The number of rotatable bonds is 2. The van der Waals surface area contributed by atoms with Crippen LogP contribution in [0.4, 0.5) is 0 Å². The molecule has 2 saturated heterocycles. The van der Waals surface area contributed by atoms with Crippen LogP contribution in [-0.4, -0.2) is 46.1 Å². The van der Waals surface area contributed by atoms with E-state index in [2.05, 4.69) is 11.8 Å². The van der Waals surface area contributed by atoms with Crippen LogP contribution in [0.15, 0.2) is 0 Å². The molecule has 3 unspecified atom stereocenters. The van der Waals surface area contributed by atoms with E-state index < -0.39 is 11.4 Å². The topological polar surface area (TPSA) is 40.5 Å². The van der Waals surface area contributed by atoms with E-state index in [1.165, 1.54) is 18.6 Å². The van der Waals surface area contributed by atoms with Crippen molar-refractivity contribution < 1.29 is 9.90 Å². The lowest BCUT2D eigenvalue weighted by Gasteiger charge is -2.36. The number of hydrogen-bond acceptors (Lipinski definition) is 3. The Morgan fingerprint density at radius 3 is 2.88 bits per heavy atom. The summed E-state index contributed by atoms with van der Waals surface area (Å²) in [6.07, 6.45) is 3.32. The van der Waals surface area contributed by atoms with Gasteiger partial charge >= 0.3 is 5.97 Å². The molecule has 0 aromatic heterocycles. The predicted molar refractivity (Wildman–Crippen MR) is 66.9 cm³/mol. The largest absolute Gasteiger partial charge is 0.481 e. The summed E-state index contributed by atoms with van der Waals surface area (Å²) >= 11 is 2.03. The number of likely N-dealkylation sites (tertiary alicyclic amines) is 1. The Morgan fingerprint density at radius 1 is 1.56 bits per heavy atom. The van der Waals surface area contributed by atoms with Crippen LogP contribution in [-0.2, 0) is 4.79 Å². The highest BCUT2D eigenvalue weighted by Gasteiger charge is 2.43. The summed E-state index contributed by atoms with van der Waals surface area (Å²) in [5.74, 6) is 0.632. The number of carbonyl (C=O) groups is 1. The number of aliphatic carboxylic acids is 1. The van der Waals surface area contributed by atoms with Gasteiger partial charge in [-0.15, -0.1) is 0 Å². The van der Waals surface area contributed by atoms with Gasteiger partial charge < -0.3 is 5.11 Å². The molecule has 2 fully saturated rings. The minimum atomic E-state index is -0.633. The van der Waals surface area contributed by atoms with Crippen LogP contribution < -0.4 is 0 Å². The summed E-state index contributed by atoms with van der Waals surface area (Å²) in [6, 6.07) is 0.597. The summed E-state index contributed by atoms with van der Waals surface area (Å²) in [7, 11) is 0. The highest BCUT2D eigenvalue weighted by molar-refractivity contribution is 7.99. The minimum absolute atomic E-state index is 0.512. The van der Waals surface area contributed by atoms with Gasteiger partial charge in [-0.05, 0) is 38.5 Å². The molecular formula is C12H21NO2S. The van der Waals surface area contributed by atoms with Crippen LogP contribution >= 0.6 is 11.8 Å². The first-order valence-electron chi connectivity index (χ1n) is 6.12. The van der Waals surface area contributed by atoms with Crippen molar-refractivity contribution in [2.75, 3.05) is 18.8 Å². The lowest BCUT2D eigenvalue weighted by Crippen LogP contribution is -2.43. The van der Waals surface area contributed by atoms with Gasteiger partial charge in [-0.2, -0.15) is 11.8 Å². The number of hydrogen-bond donors (Lipinski definition) is 1. The average Bonchev–Trinajstić information content (AvgIpc) is 2.63. The quantitative estimate of drug-likeness (QED) is 0.806. The van der Waals surface area contributed by atoms with Crippen molar-refractivity contribution in [1.82, 2.24) is 4.90 Å². The molecule has 0 aromatic carbocycles. The molecule has 0 amide bonds. The summed E-state index contributed by atoms with van der Waals surface area (Å²) in [5.41, 5.74) is -0.512. The van der Waals surface area contributed by atoms with Crippen LogP contribution in [0.25, 0.3) is 0 Å². The van der Waals surface area contributed by atoms with Crippen LogP contribution in [0.3, 0.4) is 0 Å². The highest BCUT2D eigenvalue weighted by Crippen LogP contribution is 2.36. The van der Waals surface area contributed by atoms with Gasteiger partial charge in [0, 0.05) is 17.8 Å². The fraction of sp³-hybridized carbons (Fsp3) is 0.917. The molecule has 2 rings (SSSR count). The van der Waals surface area contributed by atoms with E-state index in [9.17, 15) is 9.90 Å². The van der Waals surface area contributed by atoms with Crippen molar-refractivity contribution in [1.29, 1.82) is 0 Å². The summed E-state index contributed by atoms with van der Waals surface area (Å²) < 4.78 is 0. The van der Waals surface area contributed by atoms with Crippen molar-refractivity contribution >= 4 is 17.7 Å². The minimum Gasteiger partial charge on any atom is -0.481 e. The third kappa shape index (κ3) is 2.23. The lowest BCUT2D eigenvalue weighted by atomic mass is 9.90. The fourth-order valence-electron chi connectivity index (χ4n) is 2.84. The normalized spacial score (nSPS) is 41.1. The Bertz CT molecular complexity index is 284. The Morgan fingerprint density at radius 2 is 2.31 bits per heavy atom. The van der Waals surface area contributed by atoms with Crippen molar-refractivity contribution in [2.45, 2.75) is 44.4 Å². The summed E-state index contributed by atoms with van der Waals surface area (Å²) in [5, 5.41) is 9.88. The molecule has 4 heteroatoms. The van der Waals surface area contributed by atoms with E-state index in [0.717, 1.165) is 19.5 Å². The zero-order valence-corrected chi connectivity index (χ0v) is 10.9. The standard InChI is InChI=1S/C12H21NO2S/c1-9-10(4-3-7-16-9)13-6-5-12(2,8-13)11(14)15/h9-10H,3-8H2,1-2H3,(H,14,15). The van der Waals surface area contributed by atoms with Crippen molar-refractivity contribution in [2.24, 2.45) is 5.41 Å². The van der Waals surface area contributed by atoms with Gasteiger partial charge in [0.15, 0.2) is 0 Å². The van der Waals surface area contributed by atoms with Crippen LogP contribution in [0.1, 0.15) is 33.1 Å². The summed E-state index contributed by atoms with van der Waals surface area (Å²) in [4.78, 5) is 13.6. The van der Waals surface area contributed by atoms with Crippen molar-refractivity contribution in [3.63, 3.8) is 0 Å². The van der Waals surface area contributed by atoms with E-state index >= 15 is 0 Å². The number of carboxylic acid groups (broad SMARTS) is 1. The smallest absolute Gasteiger partial charge is 0.310 e. The zero-order valence-electron chi connectivity index (χ0n) is 10.1. The fourth-order valence-corrected chi connectivity index (χ4v) is 4.08. The molecule has 0 aromatic rings. The third-order valence-corrected chi connectivity index (χ3v) is 5.42. The maximum atomic E-state index is 11.2. The molecule has 3 atom stereocenters. The molecule has 3 nitrogen and oxygen atoms in total. The molecule has 0 spiro atoms. The van der Waals surface area contributed by atoms with Gasteiger partial charge in [-0.3, -0.25) is 9.69 Å². The van der Waals surface area contributed by atoms with Gasteiger partial charge in [-0.1, -0.05) is 6.92 Å². The molecule has 0 radical (unpaired) electrons. The van der Waals surface area contributed by atoms with Crippen LogP contribution in [0, 0.1) is 5.41 Å². The monoisotopic (exact) mass is 243 g/mol. The first kappa shape index (κ1) is 12.2. The second kappa shape index (κ2) is 4.57. The molecule has 2 aliphatic rings. The Labute approximate surface area is 102 Å². The first-order chi connectivity index (χ1) is 7.53. The molecule has 1 N–H and O–H groups in total. The Kier molecular flexibility index (Phi) is 3.50. The molecule has 16 heavy (non-hydrogen) atoms. The molecule has 0 aliphatic carbocycles. The first-order valence-corrected chi connectivity index (χ1v) is 7.17. The SMILES string of the molecule is CC1SCCCC1N1CCC(C)(C(=O)O)C1. The Balaban J connectivity index is 2.00. The number of carboxylic acids is 1. The average molecular weight is 243 g/mol. The second-order valence-electron chi connectivity index (χ2n) is 5.37. The molecule has 0 saturated carbocycles. The molecular weight excluding hydrogens is 222 g/mol. The lowest BCUT2D eigenvalue weighted by molar-refractivity contribution is -0.147. The number of nitrogens with zero attached hydrogens (tertiary/aromatic N) is 1. The van der Waals surface area contributed by atoms with E-state index in [1.807, 2.05) is 18.7 Å². The van der Waals surface area contributed by atoms with Gasteiger partial charge in [0.2, 0.25) is 0 Å². The van der Waals surface area contributed by atoms with Crippen LogP contribution in [0.5, 0.6) is 0 Å². The summed E-state index contributed by atoms with van der Waals surface area (Å²) in [6.45, 7) is 5.86. The van der Waals surface area contributed by atoms with Crippen LogP contribution in [0.2, 0.25) is 0 Å². The van der Waals surface area contributed by atoms with E-state index in [0.29, 0.717) is 11.3 Å². The van der Waals surface area contributed by atoms with E-state index in [4.69, 9.17) is 0 Å². The zero-order chi connectivity index (χ0) is 11.8. The van der Waals surface area contributed by atoms with Gasteiger partial charge in [0.1, 0.15) is 0 Å². The Hall–Kier alpha value is -0.220. The molecule has 0 bridgehead atoms. The van der Waals surface area contributed by atoms with E-state index in [-0.39, 0.29) is 0 Å². The second-order valence-corrected chi connectivity index (χ2v) is 6.86. The highest BCUT2D eigenvalue weighted by atomic mass is 32.2. The van der Waals surface area contributed by atoms with Gasteiger partial charge in [0.25, 0.3) is 0 Å². The van der Waals surface area contributed by atoms with Gasteiger partial charge in [-0.25, -0.2) is 0 Å². The maximum Gasteiger partial charge on any atom is 0.310 e. The number of thioether (sulfide) groups is 1. The van der Waals surface area contributed by atoms with E-state index in [1.54, 1.807) is 0 Å². The van der Waals surface area contributed by atoms with Crippen molar-refractivity contribution in [3.05, 3.63) is 0 Å². The molecule has 2 heterocycles. The molecule has 2 aliphatic heterocycles. The predicted octanol–water partition coefficient (Wildman–Crippen LogP) is 2.07. The molecule has 92 valence electrons.